The monoisotopic (exact) mass is 378 g/mol. The maximum absolute atomic E-state index is 12.7. The normalized spacial score (nSPS) is 14.6. The molecule has 0 radical (unpaired) electrons. The molecule has 0 unspecified atom stereocenters. The molecule has 0 aliphatic carbocycles. The fourth-order valence-corrected chi connectivity index (χ4v) is 2.86. The van der Waals surface area contributed by atoms with Crippen molar-refractivity contribution in [3.8, 4) is 0 Å². The molecule has 0 bridgehead atoms. The van der Waals surface area contributed by atoms with E-state index in [9.17, 15) is 4.79 Å². The Balaban J connectivity index is 1.97. The van der Waals surface area contributed by atoms with Crippen molar-refractivity contribution in [2.45, 2.75) is 19.3 Å². The number of para-hydroxylation sites is 1. The second-order valence-electron chi connectivity index (χ2n) is 4.90. The van der Waals surface area contributed by atoms with Crippen molar-refractivity contribution in [3.63, 3.8) is 0 Å². The number of hydrogen-bond acceptors (Lipinski definition) is 2. The van der Waals surface area contributed by atoms with E-state index in [1.165, 1.54) is 5.56 Å². The molecule has 1 amide bonds. The number of carbonyl (C=O) groups excluding carboxylic acids is 1. The van der Waals surface area contributed by atoms with Crippen molar-refractivity contribution in [2.24, 2.45) is 0 Å². The number of halogens is 1. The molecule has 1 aromatic heterocycles. The summed E-state index contributed by atoms with van der Waals surface area (Å²) in [6, 6.07) is 11.9. The van der Waals surface area contributed by atoms with Crippen LogP contribution in [0.15, 0.2) is 42.6 Å². The molecule has 0 N–H and O–H groups in total. The van der Waals surface area contributed by atoms with Gasteiger partial charge in [-0.2, -0.15) is 0 Å². The van der Waals surface area contributed by atoms with Crippen LogP contribution in [0.1, 0.15) is 28.9 Å². The van der Waals surface area contributed by atoms with Crippen LogP contribution >= 0.6 is 22.6 Å². The lowest BCUT2D eigenvalue weighted by molar-refractivity contribution is 0.0982. The maximum atomic E-state index is 12.7. The van der Waals surface area contributed by atoms with E-state index in [-0.39, 0.29) is 5.91 Å². The van der Waals surface area contributed by atoms with Crippen LogP contribution < -0.4 is 4.90 Å². The molecule has 2 aromatic rings. The van der Waals surface area contributed by atoms with Gasteiger partial charge in [-0.25, -0.2) is 4.98 Å². The van der Waals surface area contributed by atoms with Crippen LogP contribution in [0.25, 0.3) is 0 Å². The SMILES string of the molecule is O=C(c1ccc(I)cn1)N1CCCCc2ccccc21. The Bertz CT molecular complexity index is 625. The number of aryl methyl sites for hydroxylation is 1. The van der Waals surface area contributed by atoms with Gasteiger partial charge < -0.3 is 4.90 Å². The molecule has 4 heteroatoms. The lowest BCUT2D eigenvalue weighted by Gasteiger charge is -2.22. The number of carbonyl (C=O) groups is 1. The summed E-state index contributed by atoms with van der Waals surface area (Å²) >= 11 is 2.19. The Morgan fingerprint density at radius 3 is 2.80 bits per heavy atom. The number of anilines is 1. The van der Waals surface area contributed by atoms with Crippen LogP contribution in [0.4, 0.5) is 5.69 Å². The van der Waals surface area contributed by atoms with Crippen molar-refractivity contribution in [2.75, 3.05) is 11.4 Å². The molecule has 20 heavy (non-hydrogen) atoms. The zero-order chi connectivity index (χ0) is 13.9. The van der Waals surface area contributed by atoms with E-state index in [2.05, 4.69) is 33.6 Å². The van der Waals surface area contributed by atoms with Crippen LogP contribution in [0.3, 0.4) is 0 Å². The van der Waals surface area contributed by atoms with E-state index < -0.39 is 0 Å². The molecule has 1 aromatic carbocycles. The molecule has 0 fully saturated rings. The van der Waals surface area contributed by atoms with Crippen molar-refractivity contribution in [1.29, 1.82) is 0 Å². The molecule has 1 aliphatic heterocycles. The first-order chi connectivity index (χ1) is 9.75. The van der Waals surface area contributed by atoms with Gasteiger partial charge in [-0.05, 0) is 65.6 Å². The molecular weight excluding hydrogens is 363 g/mol. The predicted molar refractivity (Wildman–Crippen MR) is 88.0 cm³/mol. The predicted octanol–water partition coefficient (Wildman–Crippen LogP) is 3.67. The molecule has 3 rings (SSSR count). The topological polar surface area (TPSA) is 33.2 Å². The van der Waals surface area contributed by atoms with Crippen LogP contribution in [0, 0.1) is 3.57 Å². The zero-order valence-electron chi connectivity index (χ0n) is 11.1. The summed E-state index contributed by atoms with van der Waals surface area (Å²) in [5, 5.41) is 0. The summed E-state index contributed by atoms with van der Waals surface area (Å²) in [6.07, 6.45) is 4.93. The second kappa shape index (κ2) is 5.91. The van der Waals surface area contributed by atoms with E-state index in [0.29, 0.717) is 5.69 Å². The van der Waals surface area contributed by atoms with Gasteiger partial charge in [0.1, 0.15) is 5.69 Å². The Morgan fingerprint density at radius 2 is 2.00 bits per heavy atom. The minimum atomic E-state index is -0.00394. The van der Waals surface area contributed by atoms with Gasteiger partial charge in [-0.15, -0.1) is 0 Å². The average Bonchev–Trinajstić information content (AvgIpc) is 2.69. The first-order valence-corrected chi connectivity index (χ1v) is 7.85. The minimum Gasteiger partial charge on any atom is -0.307 e. The lowest BCUT2D eigenvalue weighted by Crippen LogP contribution is -2.32. The van der Waals surface area contributed by atoms with Crippen molar-refractivity contribution in [3.05, 3.63) is 57.4 Å². The summed E-state index contributed by atoms with van der Waals surface area (Å²) < 4.78 is 1.04. The number of hydrogen-bond donors (Lipinski definition) is 0. The number of fused-ring (bicyclic) bond motifs is 1. The average molecular weight is 378 g/mol. The van der Waals surface area contributed by atoms with Crippen LogP contribution in [-0.4, -0.2) is 17.4 Å². The highest BCUT2D eigenvalue weighted by molar-refractivity contribution is 14.1. The lowest BCUT2D eigenvalue weighted by atomic mass is 10.1. The summed E-state index contributed by atoms with van der Waals surface area (Å²) in [5.41, 5.74) is 2.81. The number of benzene rings is 1. The second-order valence-corrected chi connectivity index (χ2v) is 6.15. The molecule has 3 nitrogen and oxygen atoms in total. The van der Waals surface area contributed by atoms with Crippen LogP contribution in [0.2, 0.25) is 0 Å². The third-order valence-corrected chi connectivity index (χ3v) is 4.19. The third-order valence-electron chi connectivity index (χ3n) is 3.55. The minimum absolute atomic E-state index is 0.00394. The summed E-state index contributed by atoms with van der Waals surface area (Å²) in [6.45, 7) is 0.767. The molecular formula is C16H15IN2O. The fourth-order valence-electron chi connectivity index (χ4n) is 2.54. The highest BCUT2D eigenvalue weighted by Crippen LogP contribution is 2.27. The first kappa shape index (κ1) is 13.5. The zero-order valence-corrected chi connectivity index (χ0v) is 13.2. The quantitative estimate of drug-likeness (QED) is 0.710. The summed E-state index contributed by atoms with van der Waals surface area (Å²) in [4.78, 5) is 18.8. The van der Waals surface area contributed by atoms with E-state index >= 15 is 0 Å². The van der Waals surface area contributed by atoms with Crippen molar-refractivity contribution >= 4 is 34.2 Å². The number of aromatic nitrogens is 1. The van der Waals surface area contributed by atoms with Crippen LogP contribution in [0.5, 0.6) is 0 Å². The molecule has 2 heterocycles. The summed E-state index contributed by atoms with van der Waals surface area (Å²) in [7, 11) is 0. The number of pyridine rings is 1. The molecule has 1 aliphatic rings. The molecule has 0 saturated carbocycles. The number of rotatable bonds is 1. The standard InChI is InChI=1S/C16H15IN2O/c17-13-8-9-14(18-11-13)16(20)19-10-4-3-6-12-5-1-2-7-15(12)19/h1-2,5,7-9,11H,3-4,6,10H2. The molecule has 0 atom stereocenters. The maximum Gasteiger partial charge on any atom is 0.276 e. The van der Waals surface area contributed by atoms with Gasteiger partial charge in [-0.1, -0.05) is 18.2 Å². The molecule has 0 spiro atoms. The Hall–Kier alpha value is -1.43. The Kier molecular flexibility index (Phi) is 4.00. The summed E-state index contributed by atoms with van der Waals surface area (Å²) in [5.74, 6) is -0.00394. The molecule has 0 saturated heterocycles. The Labute approximate surface area is 132 Å². The fraction of sp³-hybridized carbons (Fsp3) is 0.250. The number of amides is 1. The van der Waals surface area contributed by atoms with Gasteiger partial charge in [0.05, 0.1) is 0 Å². The van der Waals surface area contributed by atoms with Gasteiger partial charge in [0.25, 0.3) is 5.91 Å². The van der Waals surface area contributed by atoms with Gasteiger partial charge in [-0.3, -0.25) is 4.79 Å². The third kappa shape index (κ3) is 2.70. The van der Waals surface area contributed by atoms with E-state index in [4.69, 9.17) is 0 Å². The van der Waals surface area contributed by atoms with E-state index in [0.717, 1.165) is 35.1 Å². The van der Waals surface area contributed by atoms with Crippen LogP contribution in [-0.2, 0) is 6.42 Å². The highest BCUT2D eigenvalue weighted by atomic mass is 127. The molecule has 102 valence electrons. The first-order valence-electron chi connectivity index (χ1n) is 6.77. The van der Waals surface area contributed by atoms with Gasteiger partial charge in [0, 0.05) is 22.0 Å². The van der Waals surface area contributed by atoms with Crippen molar-refractivity contribution < 1.29 is 4.79 Å². The van der Waals surface area contributed by atoms with Crippen molar-refractivity contribution in [1.82, 2.24) is 4.98 Å². The van der Waals surface area contributed by atoms with E-state index in [1.807, 2.05) is 29.2 Å². The highest BCUT2D eigenvalue weighted by Gasteiger charge is 2.22. The smallest absolute Gasteiger partial charge is 0.276 e. The van der Waals surface area contributed by atoms with Gasteiger partial charge in [0.15, 0.2) is 0 Å². The van der Waals surface area contributed by atoms with Gasteiger partial charge in [0.2, 0.25) is 0 Å². The number of nitrogens with zero attached hydrogens (tertiary/aromatic N) is 2. The van der Waals surface area contributed by atoms with E-state index in [1.54, 1.807) is 12.3 Å². The van der Waals surface area contributed by atoms with Gasteiger partial charge >= 0.3 is 0 Å². The largest absolute Gasteiger partial charge is 0.307 e. The Morgan fingerprint density at radius 1 is 1.15 bits per heavy atom.